The average molecular weight is 384 g/mol. The summed E-state index contributed by atoms with van der Waals surface area (Å²) in [5.41, 5.74) is 5.61. The molecule has 0 aromatic heterocycles. The van der Waals surface area contributed by atoms with Crippen LogP contribution >= 0.6 is 23.2 Å². The molecule has 0 saturated heterocycles. The molecule has 4 nitrogen and oxygen atoms in total. The maximum Gasteiger partial charge on any atom is 0.257 e. The molecule has 1 amide bonds. The molecule has 0 unspecified atom stereocenters. The molecule has 0 saturated carbocycles. The summed E-state index contributed by atoms with van der Waals surface area (Å²) in [6.07, 6.45) is 1.66. The van der Waals surface area contributed by atoms with E-state index in [1.807, 2.05) is 30.3 Å². The number of nitrogens with zero attached hydrogens (tertiary/aromatic N) is 1. The van der Waals surface area contributed by atoms with Crippen molar-refractivity contribution in [3.05, 3.63) is 94.0 Å². The monoisotopic (exact) mass is 383 g/mol. The smallest absolute Gasteiger partial charge is 0.257 e. The summed E-state index contributed by atoms with van der Waals surface area (Å²) >= 11 is 12.0. The van der Waals surface area contributed by atoms with E-state index in [1.165, 1.54) is 0 Å². The average Bonchev–Trinajstić information content (AvgIpc) is 2.62. The quantitative estimate of drug-likeness (QED) is 0.439. The van der Waals surface area contributed by atoms with Crippen molar-refractivity contribution in [1.82, 2.24) is 0 Å². The molecular formula is C20H15Cl2N3O. The minimum Gasteiger partial charge on any atom is -0.322 e. The van der Waals surface area contributed by atoms with E-state index in [-0.39, 0.29) is 5.91 Å². The lowest BCUT2D eigenvalue weighted by Crippen LogP contribution is -2.12. The van der Waals surface area contributed by atoms with Crippen LogP contribution in [0.3, 0.4) is 0 Å². The van der Waals surface area contributed by atoms with Gasteiger partial charge < -0.3 is 5.32 Å². The topological polar surface area (TPSA) is 53.5 Å². The van der Waals surface area contributed by atoms with Crippen molar-refractivity contribution in [3.8, 4) is 0 Å². The molecule has 2 N–H and O–H groups in total. The Hall–Kier alpha value is -2.82. The molecule has 3 aromatic carbocycles. The molecule has 6 heteroatoms. The Bertz CT molecular complexity index is 957. The van der Waals surface area contributed by atoms with Gasteiger partial charge in [0, 0.05) is 10.7 Å². The van der Waals surface area contributed by atoms with Crippen molar-refractivity contribution in [3.63, 3.8) is 0 Å². The summed E-state index contributed by atoms with van der Waals surface area (Å²) in [4.78, 5) is 12.3. The standard InChI is InChI=1S/C20H15Cl2N3O/c21-15-6-4-8-17(12-15)25-23-13-14-5-3-7-16(11-14)24-20(26)18-9-1-2-10-19(18)22/h1-13,25H,(H,24,26)/b23-13-. The molecule has 3 aromatic rings. The van der Waals surface area contributed by atoms with Gasteiger partial charge in [-0.2, -0.15) is 5.10 Å². The molecule has 0 aliphatic heterocycles. The van der Waals surface area contributed by atoms with Crippen LogP contribution in [0.5, 0.6) is 0 Å². The second-order valence-electron chi connectivity index (χ2n) is 5.44. The Labute approximate surface area is 161 Å². The van der Waals surface area contributed by atoms with Gasteiger partial charge in [0.25, 0.3) is 5.91 Å². The molecule has 0 aliphatic rings. The van der Waals surface area contributed by atoms with Crippen LogP contribution in [0.2, 0.25) is 10.0 Å². The van der Waals surface area contributed by atoms with Crippen molar-refractivity contribution < 1.29 is 4.79 Å². The van der Waals surface area contributed by atoms with Gasteiger partial charge in [-0.25, -0.2) is 0 Å². The van der Waals surface area contributed by atoms with Crippen molar-refractivity contribution >= 4 is 46.7 Å². The predicted octanol–water partition coefficient (Wildman–Crippen LogP) is 5.69. The zero-order valence-electron chi connectivity index (χ0n) is 13.6. The number of carbonyl (C=O) groups is 1. The van der Waals surface area contributed by atoms with Crippen LogP contribution in [0.1, 0.15) is 15.9 Å². The number of benzene rings is 3. The minimum atomic E-state index is -0.262. The SMILES string of the molecule is O=C(Nc1cccc(/C=N\Nc2cccc(Cl)c2)c1)c1ccccc1Cl. The minimum absolute atomic E-state index is 0.262. The molecular weight excluding hydrogens is 369 g/mol. The molecule has 130 valence electrons. The van der Waals surface area contributed by atoms with Gasteiger partial charge in [0.2, 0.25) is 0 Å². The van der Waals surface area contributed by atoms with E-state index in [0.717, 1.165) is 11.3 Å². The predicted molar refractivity (Wildman–Crippen MR) is 109 cm³/mol. The highest BCUT2D eigenvalue weighted by molar-refractivity contribution is 6.34. The first-order chi connectivity index (χ1) is 12.6. The largest absolute Gasteiger partial charge is 0.322 e. The molecule has 0 radical (unpaired) electrons. The summed E-state index contributed by atoms with van der Waals surface area (Å²) in [7, 11) is 0. The van der Waals surface area contributed by atoms with Crippen LogP contribution in [-0.2, 0) is 0 Å². The Kier molecular flexibility index (Phi) is 5.89. The number of amides is 1. The van der Waals surface area contributed by atoms with Gasteiger partial charge in [0.1, 0.15) is 0 Å². The molecule has 26 heavy (non-hydrogen) atoms. The summed E-state index contributed by atoms with van der Waals surface area (Å²) in [6, 6.07) is 21.5. The summed E-state index contributed by atoms with van der Waals surface area (Å²) in [5, 5.41) is 8.05. The van der Waals surface area contributed by atoms with Crippen molar-refractivity contribution in [2.24, 2.45) is 5.10 Å². The van der Waals surface area contributed by atoms with Gasteiger partial charge in [-0.3, -0.25) is 10.2 Å². The highest BCUT2D eigenvalue weighted by atomic mass is 35.5. The number of anilines is 2. The van der Waals surface area contributed by atoms with Gasteiger partial charge in [-0.05, 0) is 48.0 Å². The van der Waals surface area contributed by atoms with Crippen LogP contribution < -0.4 is 10.7 Å². The number of nitrogens with one attached hydrogen (secondary N) is 2. The third-order valence-electron chi connectivity index (χ3n) is 3.49. The van der Waals surface area contributed by atoms with Gasteiger partial charge in [0.15, 0.2) is 0 Å². The van der Waals surface area contributed by atoms with E-state index >= 15 is 0 Å². The van der Waals surface area contributed by atoms with Gasteiger partial charge >= 0.3 is 0 Å². The lowest BCUT2D eigenvalue weighted by Gasteiger charge is -2.07. The molecule has 0 bridgehead atoms. The van der Waals surface area contributed by atoms with Crippen molar-refractivity contribution in [1.29, 1.82) is 0 Å². The lowest BCUT2D eigenvalue weighted by molar-refractivity contribution is 0.102. The molecule has 3 rings (SSSR count). The number of hydrogen-bond acceptors (Lipinski definition) is 3. The van der Waals surface area contributed by atoms with Crippen LogP contribution in [0.4, 0.5) is 11.4 Å². The number of carbonyl (C=O) groups excluding carboxylic acids is 1. The van der Waals surface area contributed by atoms with Crippen molar-refractivity contribution in [2.75, 3.05) is 10.7 Å². The van der Waals surface area contributed by atoms with Crippen molar-refractivity contribution in [2.45, 2.75) is 0 Å². The summed E-state index contributed by atoms with van der Waals surface area (Å²) in [6.45, 7) is 0. The van der Waals surface area contributed by atoms with Crippen LogP contribution in [0, 0.1) is 0 Å². The van der Waals surface area contributed by atoms with E-state index < -0.39 is 0 Å². The Balaban J connectivity index is 1.67. The lowest BCUT2D eigenvalue weighted by atomic mass is 10.2. The second-order valence-corrected chi connectivity index (χ2v) is 6.28. The van der Waals surface area contributed by atoms with E-state index in [9.17, 15) is 4.79 Å². The Morgan fingerprint density at radius 3 is 2.46 bits per heavy atom. The van der Waals surface area contributed by atoms with Crippen LogP contribution in [0.15, 0.2) is 77.9 Å². The second kappa shape index (κ2) is 8.52. The first-order valence-electron chi connectivity index (χ1n) is 7.82. The van der Waals surface area contributed by atoms with E-state index in [2.05, 4.69) is 15.8 Å². The zero-order valence-corrected chi connectivity index (χ0v) is 15.1. The third kappa shape index (κ3) is 4.85. The molecule has 0 fully saturated rings. The van der Waals surface area contributed by atoms with Gasteiger partial charge in [-0.15, -0.1) is 0 Å². The Morgan fingerprint density at radius 2 is 1.65 bits per heavy atom. The first kappa shape index (κ1) is 18.0. The zero-order chi connectivity index (χ0) is 18.4. The van der Waals surface area contributed by atoms with Crippen LogP contribution in [0.25, 0.3) is 0 Å². The fourth-order valence-electron chi connectivity index (χ4n) is 2.28. The van der Waals surface area contributed by atoms with Gasteiger partial charge in [0.05, 0.1) is 22.5 Å². The number of hydrogen-bond donors (Lipinski definition) is 2. The van der Waals surface area contributed by atoms with E-state index in [1.54, 1.807) is 48.7 Å². The molecule has 0 heterocycles. The third-order valence-corrected chi connectivity index (χ3v) is 4.06. The highest BCUT2D eigenvalue weighted by Crippen LogP contribution is 2.18. The Morgan fingerprint density at radius 1 is 0.885 bits per heavy atom. The van der Waals surface area contributed by atoms with E-state index in [4.69, 9.17) is 23.2 Å². The molecule has 0 spiro atoms. The molecule has 0 atom stereocenters. The van der Waals surface area contributed by atoms with Crippen LogP contribution in [-0.4, -0.2) is 12.1 Å². The maximum absolute atomic E-state index is 12.3. The molecule has 0 aliphatic carbocycles. The first-order valence-corrected chi connectivity index (χ1v) is 8.58. The fraction of sp³-hybridized carbons (Fsp3) is 0. The number of halogens is 2. The maximum atomic E-state index is 12.3. The number of hydrazone groups is 1. The normalized spacial score (nSPS) is 10.7. The number of rotatable bonds is 5. The highest BCUT2D eigenvalue weighted by Gasteiger charge is 2.09. The van der Waals surface area contributed by atoms with E-state index in [0.29, 0.717) is 21.3 Å². The summed E-state index contributed by atoms with van der Waals surface area (Å²) < 4.78 is 0. The fourth-order valence-corrected chi connectivity index (χ4v) is 2.69. The van der Waals surface area contributed by atoms with Gasteiger partial charge in [-0.1, -0.05) is 53.5 Å². The summed E-state index contributed by atoms with van der Waals surface area (Å²) in [5.74, 6) is -0.262.